The van der Waals surface area contributed by atoms with Crippen LogP contribution in [0.25, 0.3) is 5.57 Å². The Morgan fingerprint density at radius 3 is 2.65 bits per heavy atom. The van der Waals surface area contributed by atoms with Gasteiger partial charge in [-0.15, -0.1) is 0 Å². The van der Waals surface area contributed by atoms with Crippen LogP contribution >= 0.6 is 0 Å². The molecule has 0 radical (unpaired) electrons. The lowest BCUT2D eigenvalue weighted by atomic mass is 9.83. The van der Waals surface area contributed by atoms with Gasteiger partial charge in [-0.2, -0.15) is 0 Å². The molecule has 0 spiro atoms. The van der Waals surface area contributed by atoms with Crippen molar-refractivity contribution in [3.05, 3.63) is 41.1 Å². The molecule has 0 aromatic heterocycles. The van der Waals surface area contributed by atoms with Crippen LogP contribution in [-0.2, 0) is 6.42 Å². The zero-order chi connectivity index (χ0) is 14.5. The van der Waals surface area contributed by atoms with E-state index < -0.39 is 0 Å². The Kier molecular flexibility index (Phi) is 5.24. The van der Waals surface area contributed by atoms with Gasteiger partial charge < -0.3 is 10.6 Å². The topological polar surface area (TPSA) is 29.3 Å². The van der Waals surface area contributed by atoms with E-state index in [4.69, 9.17) is 5.73 Å². The number of benzene rings is 1. The molecule has 1 heterocycles. The normalized spacial score (nSPS) is 18.4. The Morgan fingerprint density at radius 2 is 2.05 bits per heavy atom. The highest BCUT2D eigenvalue weighted by Crippen LogP contribution is 2.33. The Morgan fingerprint density at radius 1 is 1.35 bits per heavy atom. The minimum Gasteiger partial charge on any atom is -0.404 e. The van der Waals surface area contributed by atoms with E-state index in [9.17, 15) is 0 Å². The number of hydrogen-bond donors (Lipinski definition) is 1. The van der Waals surface area contributed by atoms with Gasteiger partial charge in [0, 0.05) is 0 Å². The maximum Gasteiger partial charge on any atom is -0.00159 e. The molecule has 1 saturated heterocycles. The number of nitrogens with zero attached hydrogens (tertiary/aromatic N) is 1. The van der Waals surface area contributed by atoms with Crippen LogP contribution in [0, 0.1) is 12.8 Å². The van der Waals surface area contributed by atoms with E-state index in [0.717, 1.165) is 6.42 Å². The second kappa shape index (κ2) is 6.94. The highest BCUT2D eigenvalue weighted by Gasteiger charge is 2.22. The number of piperidine rings is 1. The standard InChI is InChI=1S/C18H28N2/c1-4-5-15-7-6-14(2)17(12-15)18(13-19)16-8-10-20(3)11-9-16/h6-7,12-13,16H,4-5,8-11,19H2,1-3H3/b18-13-. The first-order chi connectivity index (χ1) is 9.65. The van der Waals surface area contributed by atoms with Gasteiger partial charge in [0.2, 0.25) is 0 Å². The van der Waals surface area contributed by atoms with Gasteiger partial charge in [0.1, 0.15) is 0 Å². The first-order valence-corrected chi connectivity index (χ1v) is 7.86. The lowest BCUT2D eigenvalue weighted by Gasteiger charge is -2.31. The molecule has 0 bridgehead atoms. The largest absolute Gasteiger partial charge is 0.404 e. The predicted molar refractivity (Wildman–Crippen MR) is 87.6 cm³/mol. The lowest BCUT2D eigenvalue weighted by molar-refractivity contribution is 0.248. The van der Waals surface area contributed by atoms with Gasteiger partial charge in [-0.25, -0.2) is 0 Å². The van der Waals surface area contributed by atoms with Crippen LogP contribution in [0.1, 0.15) is 42.9 Å². The molecule has 2 heteroatoms. The minimum absolute atomic E-state index is 0.617. The SMILES string of the molecule is CCCc1ccc(C)c(/C(=C\N)C2CCN(C)CC2)c1. The molecule has 1 aliphatic rings. The van der Waals surface area contributed by atoms with Crippen molar-refractivity contribution < 1.29 is 0 Å². The summed E-state index contributed by atoms with van der Waals surface area (Å²) in [4.78, 5) is 2.41. The van der Waals surface area contributed by atoms with Crippen molar-refractivity contribution in [2.24, 2.45) is 11.7 Å². The van der Waals surface area contributed by atoms with Crippen LogP contribution in [0.3, 0.4) is 0 Å². The summed E-state index contributed by atoms with van der Waals surface area (Å²) in [6.45, 7) is 6.78. The van der Waals surface area contributed by atoms with E-state index in [0.29, 0.717) is 5.92 Å². The van der Waals surface area contributed by atoms with E-state index >= 15 is 0 Å². The van der Waals surface area contributed by atoms with Crippen LogP contribution in [0.2, 0.25) is 0 Å². The van der Waals surface area contributed by atoms with Crippen LogP contribution in [0.4, 0.5) is 0 Å². The van der Waals surface area contributed by atoms with Gasteiger partial charge >= 0.3 is 0 Å². The number of hydrogen-bond acceptors (Lipinski definition) is 2. The average Bonchev–Trinajstić information content (AvgIpc) is 2.45. The van der Waals surface area contributed by atoms with E-state index in [1.165, 1.54) is 54.6 Å². The molecule has 1 aromatic rings. The van der Waals surface area contributed by atoms with Crippen molar-refractivity contribution in [1.82, 2.24) is 4.90 Å². The van der Waals surface area contributed by atoms with E-state index in [1.807, 2.05) is 6.20 Å². The number of aryl methyl sites for hydroxylation is 2. The summed E-state index contributed by atoms with van der Waals surface area (Å²) in [6, 6.07) is 6.86. The second-order valence-electron chi connectivity index (χ2n) is 6.10. The summed E-state index contributed by atoms with van der Waals surface area (Å²) in [5.74, 6) is 0.617. The Bertz CT molecular complexity index is 468. The number of rotatable bonds is 4. The Hall–Kier alpha value is -1.28. The van der Waals surface area contributed by atoms with Crippen molar-refractivity contribution in [2.45, 2.75) is 39.5 Å². The maximum atomic E-state index is 5.99. The summed E-state index contributed by atoms with van der Waals surface area (Å²) in [5.41, 5.74) is 11.5. The fourth-order valence-electron chi connectivity index (χ4n) is 3.19. The summed E-state index contributed by atoms with van der Waals surface area (Å²) in [7, 11) is 2.20. The molecule has 0 unspecified atom stereocenters. The zero-order valence-corrected chi connectivity index (χ0v) is 13.2. The molecule has 1 fully saturated rings. The molecule has 1 aliphatic heterocycles. The molecular formula is C18H28N2. The Labute approximate surface area is 123 Å². The molecule has 0 aliphatic carbocycles. The number of likely N-dealkylation sites (tertiary alicyclic amines) is 1. The van der Waals surface area contributed by atoms with Gasteiger partial charge in [0.05, 0.1) is 0 Å². The first kappa shape index (κ1) is 15.1. The molecule has 0 amide bonds. The van der Waals surface area contributed by atoms with Crippen molar-refractivity contribution in [3.8, 4) is 0 Å². The smallest absolute Gasteiger partial charge is 0.00159 e. The summed E-state index contributed by atoms with van der Waals surface area (Å²) < 4.78 is 0. The third-order valence-corrected chi connectivity index (χ3v) is 4.49. The van der Waals surface area contributed by atoms with Gasteiger partial charge in [-0.1, -0.05) is 31.5 Å². The van der Waals surface area contributed by atoms with E-state index in [-0.39, 0.29) is 0 Å². The maximum absolute atomic E-state index is 5.99. The van der Waals surface area contributed by atoms with E-state index in [1.54, 1.807) is 0 Å². The van der Waals surface area contributed by atoms with Crippen LogP contribution in [-0.4, -0.2) is 25.0 Å². The van der Waals surface area contributed by atoms with Crippen molar-refractivity contribution in [2.75, 3.05) is 20.1 Å². The average molecular weight is 272 g/mol. The van der Waals surface area contributed by atoms with Crippen molar-refractivity contribution in [1.29, 1.82) is 0 Å². The summed E-state index contributed by atoms with van der Waals surface area (Å²) in [6.07, 6.45) is 6.64. The lowest BCUT2D eigenvalue weighted by Crippen LogP contribution is -2.30. The molecule has 0 atom stereocenters. The van der Waals surface area contributed by atoms with Crippen LogP contribution < -0.4 is 5.73 Å². The molecule has 1 aromatic carbocycles. The summed E-state index contributed by atoms with van der Waals surface area (Å²) in [5, 5.41) is 0. The Balaban J connectivity index is 2.25. The van der Waals surface area contributed by atoms with Gasteiger partial charge in [0.25, 0.3) is 0 Å². The minimum atomic E-state index is 0.617. The fraction of sp³-hybridized carbons (Fsp3) is 0.556. The highest BCUT2D eigenvalue weighted by molar-refractivity contribution is 5.70. The molecule has 0 saturated carbocycles. The van der Waals surface area contributed by atoms with Gasteiger partial charge in [-0.3, -0.25) is 0 Å². The molecule has 110 valence electrons. The first-order valence-electron chi connectivity index (χ1n) is 7.86. The van der Waals surface area contributed by atoms with Crippen LogP contribution in [0.15, 0.2) is 24.4 Å². The quantitative estimate of drug-likeness (QED) is 0.907. The summed E-state index contributed by atoms with van der Waals surface area (Å²) >= 11 is 0. The number of allylic oxidation sites excluding steroid dienone is 1. The van der Waals surface area contributed by atoms with Crippen molar-refractivity contribution >= 4 is 5.57 Å². The monoisotopic (exact) mass is 272 g/mol. The molecule has 2 N–H and O–H groups in total. The molecule has 2 rings (SSSR count). The van der Waals surface area contributed by atoms with Gasteiger partial charge in [0.15, 0.2) is 0 Å². The number of nitrogens with two attached hydrogens (primary N) is 1. The second-order valence-corrected chi connectivity index (χ2v) is 6.10. The van der Waals surface area contributed by atoms with Crippen molar-refractivity contribution in [3.63, 3.8) is 0 Å². The van der Waals surface area contributed by atoms with E-state index in [2.05, 4.69) is 44.0 Å². The third kappa shape index (κ3) is 3.43. The molecule has 2 nitrogen and oxygen atoms in total. The molecule has 20 heavy (non-hydrogen) atoms. The third-order valence-electron chi connectivity index (χ3n) is 4.49. The predicted octanol–water partition coefficient (Wildman–Crippen LogP) is 3.59. The zero-order valence-electron chi connectivity index (χ0n) is 13.2. The fourth-order valence-corrected chi connectivity index (χ4v) is 3.19. The molecular weight excluding hydrogens is 244 g/mol. The highest BCUT2D eigenvalue weighted by atomic mass is 15.1. The van der Waals surface area contributed by atoms with Gasteiger partial charge in [-0.05, 0) is 80.7 Å². The van der Waals surface area contributed by atoms with Crippen LogP contribution in [0.5, 0.6) is 0 Å².